The Hall–Kier alpha value is -0.900. The standard InChI is InChI=1S/C16H28N2O/c1-6-17-11-14-9-7-8-10-15(14)12-19-13-16(2,3)18(4)5/h7-10,17H,6,11-13H2,1-5H3. The number of likely N-dealkylation sites (N-methyl/N-ethyl adjacent to an activating group) is 1. The van der Waals surface area contributed by atoms with Gasteiger partial charge in [-0.3, -0.25) is 0 Å². The smallest absolute Gasteiger partial charge is 0.0720 e. The summed E-state index contributed by atoms with van der Waals surface area (Å²) >= 11 is 0. The number of ether oxygens (including phenoxy) is 1. The summed E-state index contributed by atoms with van der Waals surface area (Å²) in [5, 5.41) is 3.37. The zero-order valence-corrected chi connectivity index (χ0v) is 13.0. The maximum absolute atomic E-state index is 5.90. The van der Waals surface area contributed by atoms with E-state index in [2.05, 4.69) is 69.3 Å². The molecule has 1 aromatic carbocycles. The Labute approximate surface area is 118 Å². The topological polar surface area (TPSA) is 24.5 Å². The fourth-order valence-electron chi connectivity index (χ4n) is 1.67. The Morgan fingerprint density at radius 3 is 2.37 bits per heavy atom. The molecule has 3 nitrogen and oxygen atoms in total. The largest absolute Gasteiger partial charge is 0.375 e. The van der Waals surface area contributed by atoms with Crippen molar-refractivity contribution in [1.29, 1.82) is 0 Å². The van der Waals surface area contributed by atoms with Crippen LogP contribution in [0.3, 0.4) is 0 Å². The molecule has 0 atom stereocenters. The van der Waals surface area contributed by atoms with Crippen LogP contribution in [-0.2, 0) is 17.9 Å². The van der Waals surface area contributed by atoms with Gasteiger partial charge in [-0.25, -0.2) is 0 Å². The molecule has 0 bridgehead atoms. The molecular weight excluding hydrogens is 236 g/mol. The highest BCUT2D eigenvalue weighted by Crippen LogP contribution is 2.14. The van der Waals surface area contributed by atoms with Gasteiger partial charge in [0.1, 0.15) is 0 Å². The quantitative estimate of drug-likeness (QED) is 0.781. The monoisotopic (exact) mass is 264 g/mol. The van der Waals surface area contributed by atoms with E-state index in [1.54, 1.807) is 0 Å². The second-order valence-electron chi connectivity index (χ2n) is 5.75. The predicted octanol–water partition coefficient (Wildman–Crippen LogP) is 2.65. The first-order valence-corrected chi connectivity index (χ1v) is 7.00. The minimum atomic E-state index is 0.0661. The highest BCUT2D eigenvalue weighted by atomic mass is 16.5. The molecule has 0 amide bonds. The van der Waals surface area contributed by atoms with Crippen molar-refractivity contribution in [3.8, 4) is 0 Å². The van der Waals surface area contributed by atoms with Crippen molar-refractivity contribution in [3.63, 3.8) is 0 Å². The summed E-state index contributed by atoms with van der Waals surface area (Å²) in [5.74, 6) is 0. The summed E-state index contributed by atoms with van der Waals surface area (Å²) in [4.78, 5) is 2.19. The van der Waals surface area contributed by atoms with E-state index in [0.717, 1.165) is 19.7 Å². The van der Waals surface area contributed by atoms with Crippen LogP contribution in [0.1, 0.15) is 31.9 Å². The number of benzene rings is 1. The van der Waals surface area contributed by atoms with Gasteiger partial charge in [-0.05, 0) is 45.6 Å². The number of hydrogen-bond acceptors (Lipinski definition) is 3. The van der Waals surface area contributed by atoms with Gasteiger partial charge in [0.05, 0.1) is 13.2 Å². The lowest BCUT2D eigenvalue weighted by Gasteiger charge is -2.32. The Kier molecular flexibility index (Phi) is 6.49. The van der Waals surface area contributed by atoms with Gasteiger partial charge < -0.3 is 15.0 Å². The van der Waals surface area contributed by atoms with Crippen molar-refractivity contribution in [1.82, 2.24) is 10.2 Å². The lowest BCUT2D eigenvalue weighted by Crippen LogP contribution is -2.42. The third-order valence-corrected chi connectivity index (χ3v) is 3.61. The molecule has 0 aliphatic heterocycles. The van der Waals surface area contributed by atoms with Crippen LogP contribution in [0.5, 0.6) is 0 Å². The Bertz CT molecular complexity index is 375. The highest BCUT2D eigenvalue weighted by molar-refractivity contribution is 5.26. The van der Waals surface area contributed by atoms with E-state index in [9.17, 15) is 0 Å². The average Bonchev–Trinajstić information content (AvgIpc) is 2.37. The first-order valence-electron chi connectivity index (χ1n) is 7.00. The molecule has 0 fully saturated rings. The molecular formula is C16H28N2O. The molecule has 1 rings (SSSR count). The summed E-state index contributed by atoms with van der Waals surface area (Å²) in [7, 11) is 4.17. The van der Waals surface area contributed by atoms with E-state index >= 15 is 0 Å². The summed E-state index contributed by atoms with van der Waals surface area (Å²) < 4.78 is 5.90. The van der Waals surface area contributed by atoms with Crippen LogP contribution < -0.4 is 5.32 Å². The van der Waals surface area contributed by atoms with Gasteiger partial charge >= 0.3 is 0 Å². The molecule has 0 saturated heterocycles. The Balaban J connectivity index is 2.53. The molecule has 0 saturated carbocycles. The van der Waals surface area contributed by atoms with Gasteiger partial charge in [0.2, 0.25) is 0 Å². The summed E-state index contributed by atoms with van der Waals surface area (Å²) in [5.41, 5.74) is 2.67. The van der Waals surface area contributed by atoms with Crippen LogP contribution in [0, 0.1) is 0 Å². The van der Waals surface area contributed by atoms with Gasteiger partial charge in [0, 0.05) is 12.1 Å². The highest BCUT2D eigenvalue weighted by Gasteiger charge is 2.20. The summed E-state index contributed by atoms with van der Waals surface area (Å²) in [6, 6.07) is 8.47. The van der Waals surface area contributed by atoms with Crippen LogP contribution in [-0.4, -0.2) is 37.7 Å². The Morgan fingerprint density at radius 1 is 1.16 bits per heavy atom. The molecule has 0 heterocycles. The van der Waals surface area contributed by atoms with Gasteiger partial charge in [-0.1, -0.05) is 31.2 Å². The van der Waals surface area contributed by atoms with Crippen LogP contribution >= 0.6 is 0 Å². The number of rotatable bonds is 8. The number of nitrogens with zero attached hydrogens (tertiary/aromatic N) is 1. The second-order valence-corrected chi connectivity index (χ2v) is 5.75. The lowest BCUT2D eigenvalue weighted by molar-refractivity contribution is 0.0272. The van der Waals surface area contributed by atoms with Crippen molar-refractivity contribution in [2.75, 3.05) is 27.2 Å². The van der Waals surface area contributed by atoms with Crippen molar-refractivity contribution < 1.29 is 4.74 Å². The average molecular weight is 264 g/mol. The van der Waals surface area contributed by atoms with E-state index < -0.39 is 0 Å². The first-order chi connectivity index (χ1) is 8.97. The second kappa shape index (κ2) is 7.63. The fraction of sp³-hybridized carbons (Fsp3) is 0.625. The third kappa shape index (κ3) is 5.31. The zero-order valence-electron chi connectivity index (χ0n) is 13.0. The van der Waals surface area contributed by atoms with Crippen molar-refractivity contribution >= 4 is 0 Å². The van der Waals surface area contributed by atoms with E-state index in [0.29, 0.717) is 6.61 Å². The van der Waals surface area contributed by atoms with Crippen LogP contribution in [0.25, 0.3) is 0 Å². The molecule has 0 aliphatic rings. The molecule has 0 spiro atoms. The molecule has 1 aromatic rings. The molecule has 108 valence electrons. The van der Waals surface area contributed by atoms with Gasteiger partial charge in [-0.2, -0.15) is 0 Å². The number of hydrogen-bond donors (Lipinski definition) is 1. The molecule has 0 radical (unpaired) electrons. The maximum Gasteiger partial charge on any atom is 0.0720 e. The third-order valence-electron chi connectivity index (χ3n) is 3.61. The molecule has 0 aromatic heterocycles. The SMILES string of the molecule is CCNCc1ccccc1COCC(C)(C)N(C)C. The predicted molar refractivity (Wildman–Crippen MR) is 81.2 cm³/mol. The van der Waals surface area contributed by atoms with Gasteiger partial charge in [0.25, 0.3) is 0 Å². The van der Waals surface area contributed by atoms with E-state index in [1.165, 1.54) is 11.1 Å². The van der Waals surface area contributed by atoms with E-state index in [4.69, 9.17) is 4.74 Å². The van der Waals surface area contributed by atoms with E-state index in [1.807, 2.05) is 0 Å². The maximum atomic E-state index is 5.90. The molecule has 0 aliphatic carbocycles. The van der Waals surface area contributed by atoms with E-state index in [-0.39, 0.29) is 5.54 Å². The zero-order chi connectivity index (χ0) is 14.3. The van der Waals surface area contributed by atoms with Crippen LogP contribution in [0.15, 0.2) is 24.3 Å². The van der Waals surface area contributed by atoms with Crippen molar-refractivity contribution in [2.45, 2.75) is 39.5 Å². The fourth-order valence-corrected chi connectivity index (χ4v) is 1.67. The van der Waals surface area contributed by atoms with Crippen molar-refractivity contribution in [3.05, 3.63) is 35.4 Å². The van der Waals surface area contributed by atoms with Gasteiger partial charge in [0.15, 0.2) is 0 Å². The van der Waals surface area contributed by atoms with Crippen molar-refractivity contribution in [2.24, 2.45) is 0 Å². The number of nitrogens with one attached hydrogen (secondary N) is 1. The van der Waals surface area contributed by atoms with Crippen LogP contribution in [0.4, 0.5) is 0 Å². The first kappa shape index (κ1) is 16.2. The Morgan fingerprint density at radius 2 is 1.79 bits per heavy atom. The molecule has 0 unspecified atom stereocenters. The summed E-state index contributed by atoms with van der Waals surface area (Å²) in [6.45, 7) is 9.82. The minimum absolute atomic E-state index is 0.0661. The minimum Gasteiger partial charge on any atom is -0.375 e. The molecule has 19 heavy (non-hydrogen) atoms. The van der Waals surface area contributed by atoms with Gasteiger partial charge in [-0.15, -0.1) is 0 Å². The summed E-state index contributed by atoms with van der Waals surface area (Å²) in [6.07, 6.45) is 0. The van der Waals surface area contributed by atoms with Crippen LogP contribution in [0.2, 0.25) is 0 Å². The normalized spacial score (nSPS) is 12.1. The lowest BCUT2D eigenvalue weighted by atomic mass is 10.1. The molecule has 1 N–H and O–H groups in total. The molecule has 3 heteroatoms.